The number of esters is 1. The van der Waals surface area contributed by atoms with Crippen LogP contribution in [0.1, 0.15) is 25.7 Å². The zero-order valence-electron chi connectivity index (χ0n) is 5.26. The van der Waals surface area contributed by atoms with Crippen LogP contribution in [0.15, 0.2) is 0 Å². The molecule has 0 aromatic carbocycles. The van der Waals surface area contributed by atoms with Crippen molar-refractivity contribution in [3.05, 3.63) is 0 Å². The van der Waals surface area contributed by atoms with Gasteiger partial charge in [-0.15, -0.1) is 0 Å². The molecule has 9 heavy (non-hydrogen) atoms. The molecule has 0 unspecified atom stereocenters. The van der Waals surface area contributed by atoms with Gasteiger partial charge in [-0.1, -0.05) is 0 Å². The normalized spacial score (nSPS) is 19.3. The first-order valence-electron chi connectivity index (χ1n) is 3.05. The summed E-state index contributed by atoms with van der Waals surface area (Å²) in [5.74, 6) is -0.0255. The molecule has 0 bridgehead atoms. The molecule has 0 aliphatic carbocycles. The number of rotatable bonds is 0. The molecular formula is C6H11FO2. The molecule has 1 fully saturated rings. The van der Waals surface area contributed by atoms with Crippen molar-refractivity contribution >= 4 is 5.97 Å². The van der Waals surface area contributed by atoms with Crippen molar-refractivity contribution in [2.24, 2.45) is 0 Å². The van der Waals surface area contributed by atoms with Crippen LogP contribution in [-0.2, 0) is 9.53 Å². The fourth-order valence-corrected chi connectivity index (χ4v) is 0.806. The lowest BCUT2D eigenvalue weighted by Crippen LogP contribution is -2.00. The smallest absolute Gasteiger partial charge is 0.305 e. The highest BCUT2D eigenvalue weighted by Gasteiger charge is 2.05. The Kier molecular flexibility index (Phi) is 4.01. The van der Waals surface area contributed by atoms with Gasteiger partial charge in [0.2, 0.25) is 0 Å². The minimum atomic E-state index is -0.0255. The van der Waals surface area contributed by atoms with E-state index in [1.165, 1.54) is 0 Å². The number of carbonyl (C=O) groups excluding carboxylic acids is 1. The number of hydrogen-bond donors (Lipinski definition) is 0. The summed E-state index contributed by atoms with van der Waals surface area (Å²) < 4.78 is 4.76. The summed E-state index contributed by atoms with van der Waals surface area (Å²) in [6.07, 6.45) is 3.83. The lowest BCUT2D eigenvalue weighted by molar-refractivity contribution is -0.142. The van der Waals surface area contributed by atoms with Gasteiger partial charge in [0.15, 0.2) is 0 Å². The lowest BCUT2D eigenvalue weighted by atomic mass is 10.2. The van der Waals surface area contributed by atoms with Gasteiger partial charge in [-0.25, -0.2) is 0 Å². The van der Waals surface area contributed by atoms with Crippen molar-refractivity contribution in [2.45, 2.75) is 25.7 Å². The van der Waals surface area contributed by atoms with Gasteiger partial charge in [-0.05, 0) is 19.3 Å². The molecule has 2 nitrogen and oxygen atoms in total. The maximum atomic E-state index is 10.5. The highest BCUT2D eigenvalue weighted by Crippen LogP contribution is 2.06. The molecule has 1 saturated heterocycles. The first-order valence-corrected chi connectivity index (χ1v) is 3.05. The molecule has 1 heterocycles. The van der Waals surface area contributed by atoms with E-state index >= 15 is 0 Å². The second kappa shape index (κ2) is 4.30. The Morgan fingerprint density at radius 2 is 2.00 bits per heavy atom. The predicted molar refractivity (Wildman–Crippen MR) is 31.9 cm³/mol. The van der Waals surface area contributed by atoms with E-state index in [-0.39, 0.29) is 10.7 Å². The van der Waals surface area contributed by atoms with E-state index in [1.807, 2.05) is 0 Å². The Morgan fingerprint density at radius 3 is 2.78 bits per heavy atom. The number of halogens is 1. The van der Waals surface area contributed by atoms with Gasteiger partial charge in [-0.3, -0.25) is 9.50 Å². The summed E-state index contributed by atoms with van der Waals surface area (Å²) in [5.41, 5.74) is 0. The van der Waals surface area contributed by atoms with Crippen LogP contribution < -0.4 is 0 Å². The molecule has 0 spiro atoms. The third kappa shape index (κ3) is 3.06. The van der Waals surface area contributed by atoms with Crippen molar-refractivity contribution in [1.29, 1.82) is 0 Å². The molecule has 0 aromatic rings. The molecule has 0 saturated carbocycles. The number of hydrogen-bond acceptors (Lipinski definition) is 2. The van der Waals surface area contributed by atoms with Crippen LogP contribution in [-0.4, -0.2) is 12.6 Å². The summed E-state index contributed by atoms with van der Waals surface area (Å²) in [4.78, 5) is 10.5. The zero-order valence-corrected chi connectivity index (χ0v) is 5.26. The van der Waals surface area contributed by atoms with Crippen molar-refractivity contribution in [2.75, 3.05) is 6.61 Å². The average molecular weight is 134 g/mol. The molecule has 0 amide bonds. The molecule has 0 aromatic heterocycles. The van der Waals surface area contributed by atoms with E-state index in [4.69, 9.17) is 4.74 Å². The Labute approximate surface area is 53.6 Å². The zero-order chi connectivity index (χ0) is 5.82. The Balaban J connectivity index is 0.000000640. The maximum Gasteiger partial charge on any atom is 0.305 e. The molecule has 3 heteroatoms. The molecule has 0 atom stereocenters. The third-order valence-corrected chi connectivity index (χ3v) is 1.29. The summed E-state index contributed by atoms with van der Waals surface area (Å²) in [6.45, 7) is 0.638. The van der Waals surface area contributed by atoms with Gasteiger partial charge in [0.1, 0.15) is 0 Å². The molecule has 1 rings (SSSR count). The molecule has 0 N–H and O–H groups in total. The minimum Gasteiger partial charge on any atom is -0.466 e. The number of ether oxygens (including phenoxy) is 1. The van der Waals surface area contributed by atoms with Crippen LogP contribution in [0, 0.1) is 0 Å². The highest BCUT2D eigenvalue weighted by atomic mass is 19.0. The van der Waals surface area contributed by atoms with E-state index in [0.717, 1.165) is 19.3 Å². The van der Waals surface area contributed by atoms with E-state index in [1.54, 1.807) is 0 Å². The fourth-order valence-electron chi connectivity index (χ4n) is 0.806. The van der Waals surface area contributed by atoms with Gasteiger partial charge in [0, 0.05) is 6.42 Å². The Morgan fingerprint density at radius 1 is 1.22 bits per heavy atom. The number of cyclic esters (lactones) is 1. The van der Waals surface area contributed by atoms with Crippen molar-refractivity contribution < 1.29 is 14.2 Å². The third-order valence-electron chi connectivity index (χ3n) is 1.29. The van der Waals surface area contributed by atoms with E-state index in [0.29, 0.717) is 13.0 Å². The summed E-state index contributed by atoms with van der Waals surface area (Å²) in [7, 11) is 0. The van der Waals surface area contributed by atoms with Gasteiger partial charge < -0.3 is 4.74 Å². The summed E-state index contributed by atoms with van der Waals surface area (Å²) in [6, 6.07) is 0. The Hall–Kier alpha value is -0.600. The first-order chi connectivity index (χ1) is 3.89. The monoisotopic (exact) mass is 134 g/mol. The Bertz CT molecular complexity index is 83.1. The van der Waals surface area contributed by atoms with Crippen LogP contribution in [0.3, 0.4) is 0 Å². The largest absolute Gasteiger partial charge is 0.466 e. The summed E-state index contributed by atoms with van der Waals surface area (Å²) >= 11 is 0. The molecular weight excluding hydrogens is 123 g/mol. The fraction of sp³-hybridized carbons (Fsp3) is 0.833. The first kappa shape index (κ1) is 8.40. The van der Waals surface area contributed by atoms with Gasteiger partial charge >= 0.3 is 5.97 Å². The second-order valence-electron chi connectivity index (χ2n) is 2.03. The van der Waals surface area contributed by atoms with E-state index in [9.17, 15) is 4.79 Å². The number of carbonyl (C=O) groups is 1. The molecule has 54 valence electrons. The van der Waals surface area contributed by atoms with Gasteiger partial charge in [0.25, 0.3) is 0 Å². The summed E-state index contributed by atoms with van der Waals surface area (Å²) in [5, 5.41) is 0. The van der Waals surface area contributed by atoms with Crippen LogP contribution in [0.25, 0.3) is 0 Å². The average Bonchev–Trinajstić information content (AvgIpc) is 1.94. The predicted octanol–water partition coefficient (Wildman–Crippen LogP) is 1.26. The highest BCUT2D eigenvalue weighted by molar-refractivity contribution is 5.69. The standard InChI is InChI=1S/C6H10O2.FH/c7-6-4-2-1-3-5-8-6;/h1-5H2;1H. The van der Waals surface area contributed by atoms with Crippen LogP contribution in [0.5, 0.6) is 0 Å². The van der Waals surface area contributed by atoms with E-state index < -0.39 is 0 Å². The lowest BCUT2D eigenvalue weighted by Gasteiger charge is -1.93. The molecule has 1 aliphatic heterocycles. The van der Waals surface area contributed by atoms with Crippen LogP contribution in [0.2, 0.25) is 0 Å². The maximum absolute atomic E-state index is 10.5. The van der Waals surface area contributed by atoms with Gasteiger partial charge in [0.05, 0.1) is 6.61 Å². The SMILES string of the molecule is F.O=C1CCCCCO1. The van der Waals surface area contributed by atoms with Crippen molar-refractivity contribution in [1.82, 2.24) is 0 Å². The van der Waals surface area contributed by atoms with Crippen LogP contribution >= 0.6 is 0 Å². The van der Waals surface area contributed by atoms with E-state index in [2.05, 4.69) is 0 Å². The molecule has 0 radical (unpaired) electrons. The topological polar surface area (TPSA) is 26.3 Å². The van der Waals surface area contributed by atoms with Gasteiger partial charge in [-0.2, -0.15) is 0 Å². The van der Waals surface area contributed by atoms with Crippen molar-refractivity contribution in [3.63, 3.8) is 0 Å². The molecule has 1 aliphatic rings. The minimum absolute atomic E-state index is 0. The van der Waals surface area contributed by atoms with Crippen molar-refractivity contribution in [3.8, 4) is 0 Å². The quantitative estimate of drug-likeness (QED) is 0.466. The van der Waals surface area contributed by atoms with Crippen LogP contribution in [0.4, 0.5) is 4.70 Å². The second-order valence-corrected chi connectivity index (χ2v) is 2.03.